The molecule has 0 aliphatic carbocycles. The van der Waals surface area contributed by atoms with Crippen LogP contribution in [-0.4, -0.2) is 50.8 Å². The normalized spacial score (nSPS) is 15.8. The highest BCUT2D eigenvalue weighted by atomic mass is 16.5. The number of nitrogens with one attached hydrogen (secondary N) is 1. The number of hydrogen-bond donors (Lipinski definition) is 1. The largest absolute Gasteiger partial charge is 0.493 e. The molecule has 1 heterocycles. The molecular weight excluding hydrogens is 256 g/mol. The number of ether oxygens (including phenoxy) is 2. The van der Waals surface area contributed by atoms with Crippen molar-refractivity contribution in [2.45, 2.75) is 13.0 Å². The summed E-state index contributed by atoms with van der Waals surface area (Å²) in [6.07, 6.45) is 0.276. The second-order valence-electron chi connectivity index (χ2n) is 4.85. The summed E-state index contributed by atoms with van der Waals surface area (Å²) in [4.78, 5) is 13.4. The molecule has 20 heavy (non-hydrogen) atoms. The molecule has 110 valence electrons. The van der Waals surface area contributed by atoms with Crippen LogP contribution in [0.25, 0.3) is 0 Å². The Kier molecular flexibility index (Phi) is 5.83. The highest BCUT2D eigenvalue weighted by Crippen LogP contribution is 2.15. The Balaban J connectivity index is 1.82. The number of rotatable bonds is 6. The average Bonchev–Trinajstić information content (AvgIpc) is 2.48. The van der Waals surface area contributed by atoms with Gasteiger partial charge in [0.2, 0.25) is 0 Å². The minimum Gasteiger partial charge on any atom is -0.493 e. The van der Waals surface area contributed by atoms with E-state index in [4.69, 9.17) is 4.74 Å². The van der Waals surface area contributed by atoms with E-state index in [1.54, 1.807) is 0 Å². The van der Waals surface area contributed by atoms with E-state index in [0.29, 0.717) is 6.61 Å². The Labute approximate surface area is 119 Å². The maximum absolute atomic E-state index is 11.0. The number of benzene rings is 1. The van der Waals surface area contributed by atoms with Crippen molar-refractivity contribution < 1.29 is 14.3 Å². The molecule has 5 heteroatoms. The van der Waals surface area contributed by atoms with Crippen molar-refractivity contribution in [3.05, 3.63) is 29.8 Å². The first kappa shape index (κ1) is 14.8. The van der Waals surface area contributed by atoms with Crippen LogP contribution in [0, 0.1) is 0 Å². The zero-order chi connectivity index (χ0) is 14.2. The third-order valence-electron chi connectivity index (χ3n) is 3.32. The van der Waals surface area contributed by atoms with Crippen LogP contribution in [0.15, 0.2) is 24.3 Å². The lowest BCUT2D eigenvalue weighted by Crippen LogP contribution is -2.42. The molecule has 0 spiro atoms. The summed E-state index contributed by atoms with van der Waals surface area (Å²) in [6, 6.07) is 8.05. The van der Waals surface area contributed by atoms with E-state index in [1.807, 2.05) is 18.2 Å². The lowest BCUT2D eigenvalue weighted by atomic mass is 10.2. The van der Waals surface area contributed by atoms with Gasteiger partial charge in [-0.2, -0.15) is 0 Å². The van der Waals surface area contributed by atoms with Crippen LogP contribution in [-0.2, 0) is 16.1 Å². The fourth-order valence-corrected chi connectivity index (χ4v) is 2.22. The van der Waals surface area contributed by atoms with Gasteiger partial charge in [-0.25, -0.2) is 0 Å². The Hall–Kier alpha value is -1.59. The summed E-state index contributed by atoms with van der Waals surface area (Å²) < 4.78 is 10.2. The van der Waals surface area contributed by atoms with E-state index in [2.05, 4.69) is 21.0 Å². The molecule has 1 aromatic rings. The molecule has 1 aliphatic rings. The summed E-state index contributed by atoms with van der Waals surface area (Å²) in [5.74, 6) is 0.559. The van der Waals surface area contributed by atoms with Gasteiger partial charge in [0.25, 0.3) is 0 Å². The zero-order valence-electron chi connectivity index (χ0n) is 11.9. The van der Waals surface area contributed by atoms with E-state index in [-0.39, 0.29) is 12.4 Å². The molecule has 0 aromatic heterocycles. The molecule has 2 rings (SSSR count). The smallest absolute Gasteiger partial charge is 0.308 e. The summed E-state index contributed by atoms with van der Waals surface area (Å²) in [5, 5.41) is 3.35. The van der Waals surface area contributed by atoms with Gasteiger partial charge in [-0.3, -0.25) is 9.69 Å². The Morgan fingerprint density at radius 3 is 2.90 bits per heavy atom. The molecule has 1 aromatic carbocycles. The molecule has 1 aliphatic heterocycles. The predicted octanol–water partition coefficient (Wildman–Crippen LogP) is 1.03. The second kappa shape index (κ2) is 7.87. The number of carbonyl (C=O) groups is 1. The van der Waals surface area contributed by atoms with Crippen LogP contribution in [0.4, 0.5) is 0 Å². The van der Waals surface area contributed by atoms with Crippen LogP contribution in [0.1, 0.15) is 12.0 Å². The SMILES string of the molecule is COC(=O)CCOc1cccc(CN2CCNCC2)c1. The average molecular weight is 278 g/mol. The first-order valence-corrected chi connectivity index (χ1v) is 6.99. The van der Waals surface area contributed by atoms with Gasteiger partial charge >= 0.3 is 5.97 Å². The second-order valence-corrected chi connectivity index (χ2v) is 4.85. The highest BCUT2D eigenvalue weighted by Gasteiger charge is 2.10. The molecule has 5 nitrogen and oxygen atoms in total. The molecule has 0 atom stereocenters. The van der Waals surface area contributed by atoms with Gasteiger partial charge in [-0.15, -0.1) is 0 Å². The van der Waals surface area contributed by atoms with Gasteiger partial charge in [0.05, 0.1) is 20.1 Å². The number of piperazine rings is 1. The number of methoxy groups -OCH3 is 1. The Morgan fingerprint density at radius 1 is 1.35 bits per heavy atom. The molecule has 1 fully saturated rings. The maximum Gasteiger partial charge on any atom is 0.308 e. The topological polar surface area (TPSA) is 50.8 Å². The van der Waals surface area contributed by atoms with Crippen molar-refractivity contribution >= 4 is 5.97 Å². The van der Waals surface area contributed by atoms with E-state index in [1.165, 1.54) is 12.7 Å². The van der Waals surface area contributed by atoms with Gasteiger partial charge in [-0.05, 0) is 17.7 Å². The van der Waals surface area contributed by atoms with Gasteiger partial charge < -0.3 is 14.8 Å². The summed E-state index contributed by atoms with van der Waals surface area (Å²) in [6.45, 7) is 5.55. The molecule has 0 radical (unpaired) electrons. The van der Waals surface area contributed by atoms with Crippen molar-refractivity contribution in [2.24, 2.45) is 0 Å². The van der Waals surface area contributed by atoms with Crippen molar-refractivity contribution in [3.63, 3.8) is 0 Å². The van der Waals surface area contributed by atoms with Crippen LogP contribution in [0.5, 0.6) is 5.75 Å². The van der Waals surface area contributed by atoms with Gasteiger partial charge in [0.15, 0.2) is 0 Å². The molecule has 0 amide bonds. The summed E-state index contributed by atoms with van der Waals surface area (Å²) in [7, 11) is 1.39. The fourth-order valence-electron chi connectivity index (χ4n) is 2.22. The molecule has 0 unspecified atom stereocenters. The monoisotopic (exact) mass is 278 g/mol. The van der Waals surface area contributed by atoms with Crippen molar-refractivity contribution in [3.8, 4) is 5.75 Å². The van der Waals surface area contributed by atoms with Gasteiger partial charge in [0.1, 0.15) is 5.75 Å². The van der Waals surface area contributed by atoms with Crippen LogP contribution >= 0.6 is 0 Å². The quantitative estimate of drug-likeness (QED) is 0.788. The zero-order valence-corrected chi connectivity index (χ0v) is 11.9. The molecule has 1 saturated heterocycles. The van der Waals surface area contributed by atoms with Crippen molar-refractivity contribution in [1.82, 2.24) is 10.2 Å². The minimum atomic E-state index is -0.248. The van der Waals surface area contributed by atoms with Gasteiger partial charge in [0, 0.05) is 32.7 Å². The predicted molar refractivity (Wildman–Crippen MR) is 76.7 cm³/mol. The third kappa shape index (κ3) is 4.83. The standard InChI is InChI=1S/C15H22N2O3/c1-19-15(18)5-10-20-14-4-2-3-13(11-14)12-17-8-6-16-7-9-17/h2-4,11,16H,5-10,12H2,1H3. The first-order chi connectivity index (χ1) is 9.78. The number of nitrogens with zero attached hydrogens (tertiary/aromatic N) is 1. The van der Waals surface area contributed by atoms with E-state index in [0.717, 1.165) is 38.5 Å². The number of carbonyl (C=O) groups excluding carboxylic acids is 1. The number of hydrogen-bond acceptors (Lipinski definition) is 5. The van der Waals surface area contributed by atoms with Gasteiger partial charge in [-0.1, -0.05) is 12.1 Å². The lowest BCUT2D eigenvalue weighted by Gasteiger charge is -2.27. The van der Waals surface area contributed by atoms with Crippen molar-refractivity contribution in [1.29, 1.82) is 0 Å². The third-order valence-corrected chi connectivity index (χ3v) is 3.32. The summed E-state index contributed by atoms with van der Waals surface area (Å²) >= 11 is 0. The van der Waals surface area contributed by atoms with E-state index < -0.39 is 0 Å². The number of esters is 1. The highest BCUT2D eigenvalue weighted by molar-refractivity contribution is 5.69. The first-order valence-electron chi connectivity index (χ1n) is 6.99. The molecule has 0 bridgehead atoms. The molecule has 0 saturated carbocycles. The fraction of sp³-hybridized carbons (Fsp3) is 0.533. The van der Waals surface area contributed by atoms with Crippen molar-refractivity contribution in [2.75, 3.05) is 39.9 Å². The van der Waals surface area contributed by atoms with Crippen LogP contribution in [0.3, 0.4) is 0 Å². The Bertz CT molecular complexity index is 431. The van der Waals surface area contributed by atoms with E-state index >= 15 is 0 Å². The van der Waals surface area contributed by atoms with Crippen LogP contribution < -0.4 is 10.1 Å². The van der Waals surface area contributed by atoms with Crippen LogP contribution in [0.2, 0.25) is 0 Å². The lowest BCUT2D eigenvalue weighted by molar-refractivity contribution is -0.141. The molecular formula is C15H22N2O3. The Morgan fingerprint density at radius 2 is 2.15 bits per heavy atom. The molecule has 1 N–H and O–H groups in total. The van der Waals surface area contributed by atoms with E-state index in [9.17, 15) is 4.79 Å². The minimum absolute atomic E-state index is 0.248. The maximum atomic E-state index is 11.0. The summed E-state index contributed by atoms with van der Waals surface area (Å²) in [5.41, 5.74) is 1.24.